The fourth-order valence-corrected chi connectivity index (χ4v) is 4.96. The van der Waals surface area contributed by atoms with Gasteiger partial charge in [-0.25, -0.2) is 0 Å². The summed E-state index contributed by atoms with van der Waals surface area (Å²) in [7, 11) is 0. The highest BCUT2D eigenvalue weighted by molar-refractivity contribution is 6.06. The van der Waals surface area contributed by atoms with Crippen LogP contribution in [0, 0.1) is 10.1 Å². The molecule has 3 aromatic rings. The van der Waals surface area contributed by atoms with Crippen LogP contribution < -0.4 is 9.80 Å². The number of fused-ring (bicyclic) bond motifs is 1. The molecular weight excluding hydrogens is 477 g/mol. The van der Waals surface area contributed by atoms with Crippen LogP contribution in [-0.2, 0) is 6.18 Å². The van der Waals surface area contributed by atoms with Crippen molar-refractivity contribution in [2.75, 3.05) is 29.4 Å². The van der Waals surface area contributed by atoms with E-state index in [1.165, 1.54) is 29.3 Å². The molecule has 2 aromatic heterocycles. The average molecular weight is 500 g/mol. The molecule has 4 heterocycles. The Hall–Kier alpha value is -3.96. The Labute approximate surface area is 204 Å². The number of benzene rings is 1. The quantitative estimate of drug-likeness (QED) is 0.377. The van der Waals surface area contributed by atoms with Gasteiger partial charge >= 0.3 is 12.0 Å². The molecule has 188 valence electrons. The number of carbonyl (C=O) groups is 1. The van der Waals surface area contributed by atoms with Gasteiger partial charge in [-0.3, -0.25) is 9.48 Å². The summed E-state index contributed by atoms with van der Waals surface area (Å²) in [4.78, 5) is 31.3. The van der Waals surface area contributed by atoms with Crippen molar-refractivity contribution in [2.24, 2.45) is 0 Å². The van der Waals surface area contributed by atoms with Crippen LogP contribution in [0.4, 0.5) is 30.4 Å². The van der Waals surface area contributed by atoms with Gasteiger partial charge in [0.05, 0.1) is 23.5 Å². The van der Waals surface area contributed by atoms with Crippen molar-refractivity contribution >= 4 is 23.1 Å². The summed E-state index contributed by atoms with van der Waals surface area (Å²) in [5, 5.41) is 15.3. The number of anilines is 2. The minimum Gasteiger partial charge on any atom is -0.368 e. The summed E-state index contributed by atoms with van der Waals surface area (Å²) >= 11 is 0. The SMILES string of the molecule is CC1CN(c2ccc(C(F)(F)F)cc2)C(=O)c2c(C3CCN(c4ccc([N+](=O)[O-])nc4)CC3)cnn21. The number of amides is 1. The smallest absolute Gasteiger partial charge is 0.368 e. The van der Waals surface area contributed by atoms with Crippen molar-refractivity contribution in [2.45, 2.75) is 37.9 Å². The summed E-state index contributed by atoms with van der Waals surface area (Å²) < 4.78 is 40.6. The molecule has 0 radical (unpaired) electrons. The second-order valence-corrected chi connectivity index (χ2v) is 9.10. The van der Waals surface area contributed by atoms with Crippen LogP contribution >= 0.6 is 0 Å². The molecule has 1 aromatic carbocycles. The first-order valence-corrected chi connectivity index (χ1v) is 11.6. The monoisotopic (exact) mass is 500 g/mol. The maximum Gasteiger partial charge on any atom is 0.416 e. The molecule has 1 amide bonds. The molecule has 0 saturated carbocycles. The van der Waals surface area contributed by atoms with E-state index in [9.17, 15) is 28.1 Å². The predicted octanol–water partition coefficient (Wildman–Crippen LogP) is 4.81. The first-order chi connectivity index (χ1) is 17.1. The molecule has 0 N–H and O–H groups in total. The van der Waals surface area contributed by atoms with Crippen molar-refractivity contribution in [1.29, 1.82) is 0 Å². The Bertz CT molecular complexity index is 1280. The van der Waals surface area contributed by atoms with Crippen LogP contribution in [-0.4, -0.2) is 45.2 Å². The predicted molar refractivity (Wildman–Crippen MR) is 125 cm³/mol. The van der Waals surface area contributed by atoms with Gasteiger partial charge in [-0.1, -0.05) is 0 Å². The van der Waals surface area contributed by atoms with E-state index < -0.39 is 16.7 Å². The zero-order valence-corrected chi connectivity index (χ0v) is 19.4. The highest BCUT2D eigenvalue weighted by Crippen LogP contribution is 2.37. The number of hydrogen-bond acceptors (Lipinski definition) is 6. The molecule has 9 nitrogen and oxygen atoms in total. The summed E-state index contributed by atoms with van der Waals surface area (Å²) in [6.07, 6.45) is 0.277. The van der Waals surface area contributed by atoms with Gasteiger partial charge < -0.3 is 19.9 Å². The molecule has 2 aliphatic rings. The van der Waals surface area contributed by atoms with E-state index in [2.05, 4.69) is 15.0 Å². The second-order valence-electron chi connectivity index (χ2n) is 9.10. The van der Waals surface area contributed by atoms with E-state index in [-0.39, 0.29) is 23.7 Å². The summed E-state index contributed by atoms with van der Waals surface area (Å²) in [6, 6.07) is 7.56. The van der Waals surface area contributed by atoms with E-state index in [1.54, 1.807) is 16.9 Å². The summed E-state index contributed by atoms with van der Waals surface area (Å²) in [5.74, 6) is -0.396. The van der Waals surface area contributed by atoms with Crippen LogP contribution in [0.25, 0.3) is 0 Å². The number of piperidine rings is 1. The van der Waals surface area contributed by atoms with Gasteiger partial charge in [0.25, 0.3) is 5.91 Å². The zero-order chi connectivity index (χ0) is 25.6. The van der Waals surface area contributed by atoms with Gasteiger partial charge in [-0.2, -0.15) is 18.3 Å². The van der Waals surface area contributed by atoms with Crippen LogP contribution in [0.2, 0.25) is 0 Å². The molecule has 12 heteroatoms. The standard InChI is InChI=1S/C24H23F3N6O3/c1-15-14-31(18-4-2-17(3-5-18)24(25,26)27)23(34)22-20(13-29-32(15)22)16-8-10-30(11-9-16)19-6-7-21(28-12-19)33(35)36/h2-7,12-13,15-16H,8-11,14H2,1H3. The Balaban J connectivity index is 1.34. The van der Waals surface area contributed by atoms with E-state index in [0.717, 1.165) is 36.2 Å². The van der Waals surface area contributed by atoms with Gasteiger partial charge in [0.1, 0.15) is 5.69 Å². The van der Waals surface area contributed by atoms with Gasteiger partial charge in [-0.05, 0) is 65.9 Å². The molecule has 5 rings (SSSR count). The summed E-state index contributed by atoms with van der Waals surface area (Å²) in [5.41, 5.74) is 1.77. The maximum atomic E-state index is 13.5. The number of hydrogen-bond donors (Lipinski definition) is 0. The molecule has 2 aliphatic heterocycles. The average Bonchev–Trinajstić information content (AvgIpc) is 3.32. The molecule has 0 spiro atoms. The largest absolute Gasteiger partial charge is 0.416 e. The zero-order valence-electron chi connectivity index (χ0n) is 19.4. The van der Waals surface area contributed by atoms with Crippen molar-refractivity contribution < 1.29 is 22.9 Å². The van der Waals surface area contributed by atoms with E-state index in [1.807, 2.05) is 6.92 Å². The first-order valence-electron chi connectivity index (χ1n) is 11.6. The Morgan fingerprint density at radius 3 is 2.28 bits per heavy atom. The molecule has 1 saturated heterocycles. The number of pyridine rings is 1. The van der Waals surface area contributed by atoms with Crippen LogP contribution in [0.5, 0.6) is 0 Å². The van der Waals surface area contributed by atoms with Gasteiger partial charge in [0.15, 0.2) is 6.20 Å². The van der Waals surface area contributed by atoms with Gasteiger partial charge in [-0.15, -0.1) is 0 Å². The molecule has 0 bridgehead atoms. The lowest BCUT2D eigenvalue weighted by atomic mass is 9.88. The molecule has 0 aliphatic carbocycles. The Morgan fingerprint density at radius 1 is 1.03 bits per heavy atom. The third kappa shape index (κ3) is 4.27. The van der Waals surface area contributed by atoms with E-state index in [0.29, 0.717) is 31.0 Å². The molecule has 1 unspecified atom stereocenters. The highest BCUT2D eigenvalue weighted by Gasteiger charge is 2.37. The van der Waals surface area contributed by atoms with Crippen molar-refractivity contribution in [1.82, 2.24) is 14.8 Å². The Kier molecular flexibility index (Phi) is 5.89. The number of aromatic nitrogens is 3. The van der Waals surface area contributed by atoms with Gasteiger partial charge in [0, 0.05) is 37.0 Å². The minimum atomic E-state index is -4.44. The van der Waals surface area contributed by atoms with Crippen LogP contribution in [0.3, 0.4) is 0 Å². The van der Waals surface area contributed by atoms with Crippen LogP contribution in [0.1, 0.15) is 53.3 Å². The Morgan fingerprint density at radius 2 is 1.69 bits per heavy atom. The molecule has 36 heavy (non-hydrogen) atoms. The minimum absolute atomic E-state index is 0.0831. The third-order valence-electron chi connectivity index (χ3n) is 6.86. The van der Waals surface area contributed by atoms with E-state index >= 15 is 0 Å². The van der Waals surface area contributed by atoms with E-state index in [4.69, 9.17) is 0 Å². The number of nitro groups is 1. The van der Waals surface area contributed by atoms with Crippen molar-refractivity contribution in [3.63, 3.8) is 0 Å². The third-order valence-corrected chi connectivity index (χ3v) is 6.86. The lowest BCUT2D eigenvalue weighted by Crippen LogP contribution is -2.43. The number of nitrogens with zero attached hydrogens (tertiary/aromatic N) is 6. The topological polar surface area (TPSA) is 97.4 Å². The second kappa shape index (κ2) is 8.92. The first kappa shape index (κ1) is 23.8. The normalized spacial score (nSPS) is 18.9. The lowest BCUT2D eigenvalue weighted by Gasteiger charge is -2.35. The number of alkyl halides is 3. The number of halogens is 3. The number of carbonyl (C=O) groups excluding carboxylic acids is 1. The molecule has 1 atom stereocenters. The molecular formula is C24H23F3N6O3. The highest BCUT2D eigenvalue weighted by atomic mass is 19.4. The summed E-state index contributed by atoms with van der Waals surface area (Å²) in [6.45, 7) is 3.60. The van der Waals surface area contributed by atoms with Crippen molar-refractivity contribution in [3.8, 4) is 0 Å². The molecule has 1 fully saturated rings. The van der Waals surface area contributed by atoms with Crippen LogP contribution in [0.15, 0.2) is 48.8 Å². The van der Waals surface area contributed by atoms with Crippen molar-refractivity contribution in [3.05, 3.63) is 75.7 Å². The lowest BCUT2D eigenvalue weighted by molar-refractivity contribution is -0.389. The fraction of sp³-hybridized carbons (Fsp3) is 0.375. The van der Waals surface area contributed by atoms with Gasteiger partial charge in [0.2, 0.25) is 0 Å². The number of rotatable bonds is 4. The maximum absolute atomic E-state index is 13.5. The fourth-order valence-electron chi connectivity index (χ4n) is 4.96.